The van der Waals surface area contributed by atoms with Crippen LogP contribution < -0.4 is 4.90 Å². The molecule has 2 aromatic heterocycles. The highest BCUT2D eigenvalue weighted by Crippen LogP contribution is 2.32. The molecular weight excluding hydrogens is 355 g/mol. The van der Waals surface area contributed by atoms with E-state index in [0.717, 1.165) is 52.6 Å². The molecule has 2 aromatic carbocycles. The quantitative estimate of drug-likeness (QED) is 0.530. The molecule has 28 heavy (non-hydrogen) atoms. The van der Waals surface area contributed by atoms with Gasteiger partial charge in [-0.3, -0.25) is 0 Å². The van der Waals surface area contributed by atoms with Gasteiger partial charge in [-0.05, 0) is 30.7 Å². The van der Waals surface area contributed by atoms with Crippen molar-refractivity contribution in [2.45, 2.75) is 13.0 Å². The lowest BCUT2D eigenvalue weighted by Crippen LogP contribution is -2.31. The number of hydrogen-bond donors (Lipinski definition) is 0. The summed E-state index contributed by atoms with van der Waals surface area (Å²) in [6, 6.07) is 18.4. The van der Waals surface area contributed by atoms with Gasteiger partial charge in [0, 0.05) is 29.3 Å². The van der Waals surface area contributed by atoms with E-state index in [-0.39, 0.29) is 5.82 Å². The van der Waals surface area contributed by atoms with Crippen LogP contribution in [0.2, 0.25) is 0 Å². The normalized spacial score (nSPS) is 13.4. The van der Waals surface area contributed by atoms with Gasteiger partial charge < -0.3 is 9.42 Å². The van der Waals surface area contributed by atoms with Crippen LogP contribution in [0.3, 0.4) is 0 Å². The zero-order valence-corrected chi connectivity index (χ0v) is 15.0. The number of aromatic nitrogens is 3. The van der Waals surface area contributed by atoms with Gasteiger partial charge in [-0.2, -0.15) is 0 Å². The highest BCUT2D eigenvalue weighted by atomic mass is 19.1. The van der Waals surface area contributed by atoms with Crippen LogP contribution in [0.1, 0.15) is 11.3 Å². The Morgan fingerprint density at radius 2 is 1.75 bits per heavy atom. The molecule has 0 spiro atoms. The fourth-order valence-corrected chi connectivity index (χ4v) is 3.54. The van der Waals surface area contributed by atoms with Crippen LogP contribution in [0, 0.1) is 5.82 Å². The largest absolute Gasteiger partial charge is 0.356 e. The summed E-state index contributed by atoms with van der Waals surface area (Å²) in [7, 11) is 0. The standard InChI is InChI=1S/C22H17FN4O/c23-17-8-6-16(7-9-17)22-18-10-11-27(13-20(18)26-28-22)21-12-19(24-14-25-21)15-4-2-1-3-5-15/h1-9,12,14H,10-11,13H2. The average molecular weight is 372 g/mol. The molecule has 0 radical (unpaired) electrons. The van der Waals surface area contributed by atoms with E-state index < -0.39 is 0 Å². The molecule has 0 fully saturated rings. The molecule has 1 aliphatic heterocycles. The molecule has 5 rings (SSSR count). The SMILES string of the molecule is Fc1ccc(-c2onc3c2CCN(c2cc(-c4ccccc4)ncn2)C3)cc1. The third kappa shape index (κ3) is 3.03. The Bertz CT molecular complexity index is 1110. The first-order valence-corrected chi connectivity index (χ1v) is 9.14. The molecule has 0 saturated heterocycles. The molecule has 4 aromatic rings. The number of halogens is 1. The summed E-state index contributed by atoms with van der Waals surface area (Å²) in [5, 5.41) is 4.26. The van der Waals surface area contributed by atoms with Gasteiger partial charge in [0.1, 0.15) is 23.7 Å². The number of rotatable bonds is 3. The molecular formula is C22H17FN4O. The zero-order valence-electron chi connectivity index (χ0n) is 15.0. The van der Waals surface area contributed by atoms with Crippen molar-refractivity contribution in [3.8, 4) is 22.6 Å². The number of nitrogens with zero attached hydrogens (tertiary/aromatic N) is 4. The first kappa shape index (κ1) is 16.6. The Labute approximate surface area is 161 Å². The minimum absolute atomic E-state index is 0.263. The van der Waals surface area contributed by atoms with E-state index in [2.05, 4.69) is 20.0 Å². The summed E-state index contributed by atoms with van der Waals surface area (Å²) in [6.07, 6.45) is 2.39. The van der Waals surface area contributed by atoms with Crippen molar-refractivity contribution >= 4 is 5.82 Å². The van der Waals surface area contributed by atoms with E-state index in [9.17, 15) is 4.39 Å². The van der Waals surface area contributed by atoms with Crippen molar-refractivity contribution in [2.75, 3.05) is 11.4 Å². The lowest BCUT2D eigenvalue weighted by molar-refractivity contribution is 0.423. The van der Waals surface area contributed by atoms with Crippen LogP contribution in [0.15, 0.2) is 71.5 Å². The summed E-state index contributed by atoms with van der Waals surface area (Å²) in [5.74, 6) is 1.33. The number of hydrogen-bond acceptors (Lipinski definition) is 5. The predicted octanol–water partition coefficient (Wildman–Crippen LogP) is 4.50. The van der Waals surface area contributed by atoms with Crippen molar-refractivity contribution in [1.82, 2.24) is 15.1 Å². The van der Waals surface area contributed by atoms with E-state index in [1.807, 2.05) is 36.4 Å². The second kappa shape index (κ2) is 6.88. The summed E-state index contributed by atoms with van der Waals surface area (Å²) >= 11 is 0. The van der Waals surface area contributed by atoms with Crippen LogP contribution in [-0.2, 0) is 13.0 Å². The Morgan fingerprint density at radius 3 is 2.57 bits per heavy atom. The van der Waals surface area contributed by atoms with Gasteiger partial charge in [-0.1, -0.05) is 35.5 Å². The molecule has 0 bridgehead atoms. The Morgan fingerprint density at radius 1 is 0.929 bits per heavy atom. The molecule has 0 atom stereocenters. The van der Waals surface area contributed by atoms with E-state index >= 15 is 0 Å². The topological polar surface area (TPSA) is 55.1 Å². The van der Waals surface area contributed by atoms with Gasteiger partial charge in [0.15, 0.2) is 5.76 Å². The molecule has 138 valence electrons. The van der Waals surface area contributed by atoms with Crippen LogP contribution >= 0.6 is 0 Å². The van der Waals surface area contributed by atoms with E-state index in [1.165, 1.54) is 12.1 Å². The fourth-order valence-electron chi connectivity index (χ4n) is 3.54. The van der Waals surface area contributed by atoms with E-state index in [4.69, 9.17) is 4.52 Å². The molecule has 0 unspecified atom stereocenters. The van der Waals surface area contributed by atoms with Crippen molar-refractivity contribution in [1.29, 1.82) is 0 Å². The van der Waals surface area contributed by atoms with Crippen LogP contribution in [0.4, 0.5) is 10.2 Å². The van der Waals surface area contributed by atoms with Crippen LogP contribution in [-0.4, -0.2) is 21.7 Å². The monoisotopic (exact) mass is 372 g/mol. The van der Waals surface area contributed by atoms with E-state index in [1.54, 1.807) is 18.5 Å². The summed E-state index contributed by atoms with van der Waals surface area (Å²) < 4.78 is 18.8. The van der Waals surface area contributed by atoms with Crippen molar-refractivity contribution in [3.63, 3.8) is 0 Å². The van der Waals surface area contributed by atoms with Crippen LogP contribution in [0.5, 0.6) is 0 Å². The first-order valence-electron chi connectivity index (χ1n) is 9.14. The second-order valence-corrected chi connectivity index (χ2v) is 6.74. The first-order chi connectivity index (χ1) is 13.8. The molecule has 1 aliphatic rings. The molecule has 6 heteroatoms. The number of fused-ring (bicyclic) bond motifs is 1. The maximum atomic E-state index is 13.2. The summed E-state index contributed by atoms with van der Waals surface area (Å²) in [5.41, 5.74) is 4.77. The molecule has 0 amide bonds. The minimum atomic E-state index is -0.263. The highest BCUT2D eigenvalue weighted by Gasteiger charge is 2.25. The van der Waals surface area contributed by atoms with Crippen molar-refractivity contribution in [2.24, 2.45) is 0 Å². The van der Waals surface area contributed by atoms with Crippen molar-refractivity contribution in [3.05, 3.63) is 84.1 Å². The third-order valence-corrected chi connectivity index (χ3v) is 4.99. The van der Waals surface area contributed by atoms with E-state index in [0.29, 0.717) is 6.54 Å². The fraction of sp³-hybridized carbons (Fsp3) is 0.136. The minimum Gasteiger partial charge on any atom is -0.356 e. The van der Waals surface area contributed by atoms with Gasteiger partial charge >= 0.3 is 0 Å². The molecule has 0 saturated carbocycles. The number of benzene rings is 2. The second-order valence-electron chi connectivity index (χ2n) is 6.74. The average Bonchev–Trinajstić information content (AvgIpc) is 3.18. The van der Waals surface area contributed by atoms with Gasteiger partial charge in [0.2, 0.25) is 0 Å². The zero-order chi connectivity index (χ0) is 18.9. The van der Waals surface area contributed by atoms with Gasteiger partial charge in [-0.25, -0.2) is 14.4 Å². The Kier molecular flexibility index (Phi) is 4.09. The maximum Gasteiger partial charge on any atom is 0.170 e. The summed E-state index contributed by atoms with van der Waals surface area (Å²) in [6.45, 7) is 1.42. The van der Waals surface area contributed by atoms with Gasteiger partial charge in [0.25, 0.3) is 0 Å². The Hall–Kier alpha value is -3.54. The summed E-state index contributed by atoms with van der Waals surface area (Å²) in [4.78, 5) is 11.0. The predicted molar refractivity (Wildman–Crippen MR) is 104 cm³/mol. The third-order valence-electron chi connectivity index (χ3n) is 4.99. The van der Waals surface area contributed by atoms with Gasteiger partial charge in [-0.15, -0.1) is 0 Å². The molecule has 3 heterocycles. The molecule has 0 N–H and O–H groups in total. The highest BCUT2D eigenvalue weighted by molar-refractivity contribution is 5.65. The lowest BCUT2D eigenvalue weighted by atomic mass is 10.0. The Balaban J connectivity index is 1.42. The van der Waals surface area contributed by atoms with Crippen LogP contribution in [0.25, 0.3) is 22.6 Å². The maximum absolute atomic E-state index is 13.2. The number of anilines is 1. The van der Waals surface area contributed by atoms with Crippen molar-refractivity contribution < 1.29 is 8.91 Å². The lowest BCUT2D eigenvalue weighted by Gasteiger charge is -2.27. The molecule has 0 aliphatic carbocycles. The smallest absolute Gasteiger partial charge is 0.170 e. The van der Waals surface area contributed by atoms with Gasteiger partial charge in [0.05, 0.1) is 12.2 Å². The molecule has 5 nitrogen and oxygen atoms in total.